The lowest BCUT2D eigenvalue weighted by Crippen LogP contribution is -2.46. The fourth-order valence-electron chi connectivity index (χ4n) is 6.01. The average molecular weight is 566 g/mol. The molecule has 3 N–H and O–H groups in total. The van der Waals surface area contributed by atoms with Crippen LogP contribution in [-0.4, -0.2) is 75.2 Å². The highest BCUT2D eigenvalue weighted by Crippen LogP contribution is 2.42. The molecule has 0 bridgehead atoms. The summed E-state index contributed by atoms with van der Waals surface area (Å²) in [6.45, 7) is 4.83. The number of piperidine rings is 1. The second-order valence-corrected chi connectivity index (χ2v) is 11.2. The summed E-state index contributed by atoms with van der Waals surface area (Å²) in [7, 11) is 0. The van der Waals surface area contributed by atoms with E-state index in [0.29, 0.717) is 73.9 Å². The van der Waals surface area contributed by atoms with Gasteiger partial charge in [-0.2, -0.15) is 0 Å². The number of fused-ring (bicyclic) bond motifs is 1. The van der Waals surface area contributed by atoms with E-state index in [-0.39, 0.29) is 23.1 Å². The average Bonchev–Trinajstić information content (AvgIpc) is 3.58. The summed E-state index contributed by atoms with van der Waals surface area (Å²) < 4.78 is 0. The van der Waals surface area contributed by atoms with Crippen molar-refractivity contribution < 1.29 is 14.4 Å². The molecule has 10 nitrogen and oxygen atoms in total. The minimum Gasteiger partial charge on any atom is -0.368 e. The molecule has 0 saturated carbocycles. The van der Waals surface area contributed by atoms with Crippen LogP contribution >= 0.6 is 0 Å². The quantitative estimate of drug-likeness (QED) is 0.279. The summed E-state index contributed by atoms with van der Waals surface area (Å²) in [6.07, 6.45) is 2.16. The fraction of sp³-hybridized carbons (Fsp3) is 0.344. The minimum absolute atomic E-state index is 0.101. The summed E-state index contributed by atoms with van der Waals surface area (Å²) in [5.41, 5.74) is 2.61. The number of likely N-dealkylation sites (tertiary alicyclic amines) is 2. The third-order valence-electron chi connectivity index (χ3n) is 8.37. The van der Waals surface area contributed by atoms with E-state index < -0.39 is 0 Å². The number of aromatic amines is 1. The van der Waals surface area contributed by atoms with Crippen LogP contribution in [0.1, 0.15) is 42.2 Å². The molecule has 216 valence electrons. The number of carbonyl (C=O) groups is 3. The Morgan fingerprint density at radius 1 is 0.929 bits per heavy atom. The number of benzene rings is 2. The Bertz CT molecular complexity index is 1590. The third kappa shape index (κ3) is 5.57. The van der Waals surface area contributed by atoms with Gasteiger partial charge in [0, 0.05) is 51.8 Å². The van der Waals surface area contributed by atoms with Gasteiger partial charge in [-0.25, -0.2) is 9.97 Å². The van der Waals surface area contributed by atoms with Crippen LogP contribution in [0.2, 0.25) is 0 Å². The Kier molecular flexibility index (Phi) is 7.60. The van der Waals surface area contributed by atoms with E-state index in [9.17, 15) is 14.4 Å². The molecule has 2 aromatic heterocycles. The van der Waals surface area contributed by atoms with Crippen molar-refractivity contribution in [2.24, 2.45) is 5.41 Å². The highest BCUT2D eigenvalue weighted by Gasteiger charge is 2.48. The van der Waals surface area contributed by atoms with Gasteiger partial charge in [-0.15, -0.1) is 0 Å². The molecule has 10 heteroatoms. The van der Waals surface area contributed by atoms with Crippen LogP contribution in [0.5, 0.6) is 0 Å². The van der Waals surface area contributed by atoms with Crippen molar-refractivity contribution in [2.45, 2.75) is 32.7 Å². The summed E-state index contributed by atoms with van der Waals surface area (Å²) >= 11 is 0. The smallest absolute Gasteiger partial charge is 0.270 e. The first-order chi connectivity index (χ1) is 20.4. The lowest BCUT2D eigenvalue weighted by atomic mass is 9.77. The molecule has 6 rings (SSSR count). The minimum atomic E-state index is -0.382. The molecule has 1 spiro atoms. The van der Waals surface area contributed by atoms with Crippen LogP contribution < -0.4 is 10.6 Å². The van der Waals surface area contributed by atoms with Crippen LogP contribution in [0.4, 0.5) is 5.82 Å². The van der Waals surface area contributed by atoms with Crippen LogP contribution in [0.3, 0.4) is 0 Å². The van der Waals surface area contributed by atoms with Gasteiger partial charge in [-0.3, -0.25) is 14.4 Å². The lowest BCUT2D eigenvalue weighted by Gasteiger charge is -2.37. The van der Waals surface area contributed by atoms with Crippen LogP contribution in [0.15, 0.2) is 66.7 Å². The summed E-state index contributed by atoms with van der Waals surface area (Å²) in [5, 5.41) is 6.77. The zero-order valence-electron chi connectivity index (χ0n) is 23.7. The van der Waals surface area contributed by atoms with Gasteiger partial charge in [0.05, 0.1) is 10.8 Å². The molecule has 0 aliphatic carbocycles. The Balaban J connectivity index is 1.17. The number of hydrogen-bond acceptors (Lipinski definition) is 6. The maximum atomic E-state index is 13.6. The van der Waals surface area contributed by atoms with E-state index in [2.05, 4.69) is 27.8 Å². The van der Waals surface area contributed by atoms with Crippen LogP contribution in [0, 0.1) is 5.41 Å². The molecule has 2 fully saturated rings. The van der Waals surface area contributed by atoms with E-state index in [0.717, 1.165) is 24.1 Å². The molecule has 3 amide bonds. The van der Waals surface area contributed by atoms with Gasteiger partial charge < -0.3 is 25.4 Å². The largest absolute Gasteiger partial charge is 0.368 e. The third-order valence-corrected chi connectivity index (χ3v) is 8.37. The van der Waals surface area contributed by atoms with Gasteiger partial charge in [0.15, 0.2) is 5.82 Å². The number of rotatable bonds is 8. The molecule has 4 heterocycles. The van der Waals surface area contributed by atoms with Crippen molar-refractivity contribution >= 4 is 34.6 Å². The number of amides is 3. The topological polar surface area (TPSA) is 123 Å². The first-order valence-electron chi connectivity index (χ1n) is 14.5. The first kappa shape index (κ1) is 27.4. The fourth-order valence-corrected chi connectivity index (χ4v) is 6.01. The molecule has 42 heavy (non-hydrogen) atoms. The molecule has 0 atom stereocenters. The number of nitrogens with one attached hydrogen (secondary N) is 3. The van der Waals surface area contributed by atoms with Gasteiger partial charge in [-0.05, 0) is 30.9 Å². The highest BCUT2D eigenvalue weighted by molar-refractivity contribution is 6.00. The van der Waals surface area contributed by atoms with E-state index >= 15 is 0 Å². The van der Waals surface area contributed by atoms with Crippen molar-refractivity contribution in [3.63, 3.8) is 0 Å². The normalized spacial score (nSPS) is 16.3. The second kappa shape index (κ2) is 11.6. The number of aromatic nitrogens is 3. The zero-order valence-corrected chi connectivity index (χ0v) is 23.7. The van der Waals surface area contributed by atoms with Gasteiger partial charge in [0.25, 0.3) is 5.91 Å². The van der Waals surface area contributed by atoms with E-state index in [4.69, 9.17) is 9.97 Å². The number of hydrogen-bond donors (Lipinski definition) is 3. The van der Waals surface area contributed by atoms with Crippen molar-refractivity contribution in [1.29, 1.82) is 0 Å². The van der Waals surface area contributed by atoms with Crippen LogP contribution in [-0.2, 0) is 16.1 Å². The van der Waals surface area contributed by atoms with Gasteiger partial charge >= 0.3 is 0 Å². The molecular weight excluding hydrogens is 530 g/mol. The predicted molar refractivity (Wildman–Crippen MR) is 161 cm³/mol. The van der Waals surface area contributed by atoms with E-state index in [1.807, 2.05) is 58.3 Å². The van der Waals surface area contributed by atoms with Gasteiger partial charge in [0.1, 0.15) is 17.2 Å². The summed E-state index contributed by atoms with van der Waals surface area (Å²) in [5.74, 6) is 1.12. The number of anilines is 1. The summed E-state index contributed by atoms with van der Waals surface area (Å²) in [6, 6.07) is 21.5. The molecule has 2 aliphatic heterocycles. The monoisotopic (exact) mass is 565 g/mol. The molecule has 2 aromatic carbocycles. The Morgan fingerprint density at radius 3 is 2.33 bits per heavy atom. The molecule has 0 radical (unpaired) electrons. The zero-order chi connectivity index (χ0) is 29.1. The number of H-pyrrole nitrogens is 1. The van der Waals surface area contributed by atoms with E-state index in [1.165, 1.54) is 6.92 Å². The Morgan fingerprint density at radius 2 is 1.62 bits per heavy atom. The molecule has 2 aliphatic rings. The number of carbonyl (C=O) groups excluding carboxylic acids is 3. The Hall–Kier alpha value is -4.73. The first-order valence-corrected chi connectivity index (χ1v) is 14.5. The molecule has 2 saturated heterocycles. The van der Waals surface area contributed by atoms with Gasteiger partial charge in [0.2, 0.25) is 11.8 Å². The van der Waals surface area contributed by atoms with Crippen molar-refractivity contribution in [3.05, 3.63) is 78.0 Å². The van der Waals surface area contributed by atoms with Crippen molar-refractivity contribution in [3.8, 4) is 11.4 Å². The number of nitrogens with zero attached hydrogens (tertiary/aromatic N) is 4. The van der Waals surface area contributed by atoms with Crippen LogP contribution in [0.25, 0.3) is 22.4 Å². The standard InChI is InChI=1S/C32H35N7O3/c1-22(40)33-15-16-34-28-25-20-26(35-29(25)37-27(36-28)24-10-6-3-7-11-24)30(41)38-17-12-32(13-18-38)14-19-39(31(32)42)21-23-8-4-2-5-9-23/h2-11,20H,12-19,21H2,1H3,(H,33,40)(H2,34,35,36,37). The van der Waals surface area contributed by atoms with Gasteiger partial charge in [-0.1, -0.05) is 60.7 Å². The van der Waals surface area contributed by atoms with Crippen molar-refractivity contribution in [2.75, 3.05) is 38.0 Å². The maximum absolute atomic E-state index is 13.6. The molecular formula is C32H35N7O3. The van der Waals surface area contributed by atoms with E-state index in [1.54, 1.807) is 6.07 Å². The predicted octanol–water partition coefficient (Wildman–Crippen LogP) is 3.83. The Labute approximate surface area is 244 Å². The second-order valence-electron chi connectivity index (χ2n) is 11.2. The lowest BCUT2D eigenvalue weighted by molar-refractivity contribution is -0.138. The SMILES string of the molecule is CC(=O)NCCNc1nc(-c2ccccc2)nc2[nH]c(C(=O)N3CCC4(CC3)CCN(Cc3ccccc3)C4=O)cc12. The summed E-state index contributed by atoms with van der Waals surface area (Å²) in [4.78, 5) is 54.9. The molecule has 4 aromatic rings. The highest BCUT2D eigenvalue weighted by atomic mass is 16.2. The maximum Gasteiger partial charge on any atom is 0.270 e. The van der Waals surface area contributed by atoms with Crippen molar-refractivity contribution in [1.82, 2.24) is 30.1 Å². The molecule has 0 unspecified atom stereocenters.